The van der Waals surface area contributed by atoms with Crippen LogP contribution in [0.25, 0.3) is 0 Å². The molecule has 20 heavy (non-hydrogen) atoms. The van der Waals surface area contributed by atoms with Gasteiger partial charge in [-0.1, -0.05) is 26.0 Å². The molecule has 112 valence electrons. The van der Waals surface area contributed by atoms with Crippen LogP contribution < -0.4 is 0 Å². The highest BCUT2D eigenvalue weighted by atomic mass is 16.4. The van der Waals surface area contributed by atoms with Crippen molar-refractivity contribution >= 4 is 5.97 Å². The number of aryl methyl sites for hydroxylation is 1. The van der Waals surface area contributed by atoms with E-state index in [2.05, 4.69) is 18.7 Å². The summed E-state index contributed by atoms with van der Waals surface area (Å²) >= 11 is 0. The number of carbonyl (C=O) groups is 1. The minimum atomic E-state index is -0.741. The lowest BCUT2D eigenvalue weighted by molar-refractivity contribution is -0.141. The molecule has 2 unspecified atom stereocenters. The summed E-state index contributed by atoms with van der Waals surface area (Å²) in [4.78, 5) is 13.1. The molecule has 4 heteroatoms. The second kappa shape index (κ2) is 7.90. The Bertz CT molecular complexity index is 416. The molecular formula is C16H25NO3. The first-order valence-electron chi connectivity index (χ1n) is 7.18. The predicted octanol–water partition coefficient (Wildman–Crippen LogP) is 2.76. The van der Waals surface area contributed by atoms with Crippen molar-refractivity contribution in [2.75, 3.05) is 13.1 Å². The first-order valence-corrected chi connectivity index (χ1v) is 7.18. The fourth-order valence-corrected chi connectivity index (χ4v) is 2.27. The van der Waals surface area contributed by atoms with E-state index < -0.39 is 5.97 Å². The van der Waals surface area contributed by atoms with Gasteiger partial charge in [0.15, 0.2) is 0 Å². The number of aromatic hydroxyl groups is 1. The molecule has 4 nitrogen and oxygen atoms in total. The van der Waals surface area contributed by atoms with Crippen molar-refractivity contribution in [3.63, 3.8) is 0 Å². The summed E-state index contributed by atoms with van der Waals surface area (Å²) in [5.41, 5.74) is 1.19. The Kier molecular flexibility index (Phi) is 6.52. The van der Waals surface area contributed by atoms with Crippen LogP contribution in [-0.2, 0) is 11.2 Å². The van der Waals surface area contributed by atoms with Crippen LogP contribution in [-0.4, -0.2) is 40.2 Å². The normalized spacial score (nSPS) is 14.2. The fraction of sp³-hybridized carbons (Fsp3) is 0.562. The van der Waals surface area contributed by atoms with E-state index in [4.69, 9.17) is 5.11 Å². The number of carboxylic acid groups (broad SMARTS) is 1. The molecule has 0 radical (unpaired) electrons. The molecular weight excluding hydrogens is 254 g/mol. The quantitative estimate of drug-likeness (QED) is 0.768. The summed E-state index contributed by atoms with van der Waals surface area (Å²) in [6.45, 7) is 7.39. The van der Waals surface area contributed by atoms with Crippen LogP contribution in [0.3, 0.4) is 0 Å². The van der Waals surface area contributed by atoms with Gasteiger partial charge in [0.05, 0.1) is 5.92 Å². The maximum absolute atomic E-state index is 10.9. The minimum Gasteiger partial charge on any atom is -0.508 e. The van der Waals surface area contributed by atoms with Gasteiger partial charge in [-0.2, -0.15) is 0 Å². The molecule has 1 rings (SSSR count). The van der Waals surface area contributed by atoms with Crippen LogP contribution in [0.15, 0.2) is 24.3 Å². The van der Waals surface area contributed by atoms with Gasteiger partial charge in [-0.25, -0.2) is 0 Å². The zero-order chi connectivity index (χ0) is 15.1. The van der Waals surface area contributed by atoms with Crippen molar-refractivity contribution in [2.45, 2.75) is 39.7 Å². The zero-order valence-corrected chi connectivity index (χ0v) is 12.5. The van der Waals surface area contributed by atoms with Crippen LogP contribution in [0.2, 0.25) is 0 Å². The molecule has 0 aromatic heterocycles. The zero-order valence-electron chi connectivity index (χ0n) is 12.5. The average Bonchev–Trinajstić information content (AvgIpc) is 2.43. The first-order chi connectivity index (χ1) is 9.43. The molecule has 2 atom stereocenters. The topological polar surface area (TPSA) is 60.8 Å². The van der Waals surface area contributed by atoms with Gasteiger partial charge in [0, 0.05) is 12.6 Å². The predicted molar refractivity (Wildman–Crippen MR) is 79.9 cm³/mol. The maximum Gasteiger partial charge on any atom is 0.307 e. The van der Waals surface area contributed by atoms with E-state index in [9.17, 15) is 9.90 Å². The SMILES string of the molecule is CCN(CC(C)C(=O)O)C(C)CCc1ccc(O)cc1. The number of aliphatic carboxylic acids is 1. The van der Waals surface area contributed by atoms with Gasteiger partial charge in [-0.3, -0.25) is 4.79 Å². The molecule has 0 spiro atoms. The van der Waals surface area contributed by atoms with Gasteiger partial charge in [0.25, 0.3) is 0 Å². The number of hydrogen-bond donors (Lipinski definition) is 2. The standard InChI is InChI=1S/C16H25NO3/c1-4-17(11-12(2)16(19)20)13(3)5-6-14-7-9-15(18)10-8-14/h7-10,12-13,18H,4-6,11H2,1-3H3,(H,19,20). The van der Waals surface area contributed by atoms with E-state index in [1.807, 2.05) is 12.1 Å². The largest absolute Gasteiger partial charge is 0.508 e. The Morgan fingerprint density at radius 1 is 1.25 bits per heavy atom. The van der Waals surface area contributed by atoms with Gasteiger partial charge in [0.1, 0.15) is 5.75 Å². The Balaban J connectivity index is 2.48. The molecule has 0 saturated carbocycles. The lowest BCUT2D eigenvalue weighted by atomic mass is 10.0. The van der Waals surface area contributed by atoms with Crippen LogP contribution >= 0.6 is 0 Å². The Hall–Kier alpha value is -1.55. The number of carboxylic acids is 1. The number of phenols is 1. The first kappa shape index (κ1) is 16.5. The lowest BCUT2D eigenvalue weighted by Gasteiger charge is -2.29. The number of phenolic OH excluding ortho intramolecular Hbond substituents is 1. The second-order valence-corrected chi connectivity index (χ2v) is 5.38. The summed E-state index contributed by atoms with van der Waals surface area (Å²) < 4.78 is 0. The number of benzene rings is 1. The molecule has 0 bridgehead atoms. The molecule has 1 aromatic rings. The van der Waals surface area contributed by atoms with Crippen molar-refractivity contribution in [3.8, 4) is 5.75 Å². The van der Waals surface area contributed by atoms with E-state index >= 15 is 0 Å². The highest BCUT2D eigenvalue weighted by Gasteiger charge is 2.19. The lowest BCUT2D eigenvalue weighted by Crippen LogP contribution is -2.38. The summed E-state index contributed by atoms with van der Waals surface area (Å²) in [7, 11) is 0. The fourth-order valence-electron chi connectivity index (χ4n) is 2.27. The van der Waals surface area contributed by atoms with Gasteiger partial charge < -0.3 is 15.1 Å². The molecule has 2 N–H and O–H groups in total. The van der Waals surface area contributed by atoms with Crippen molar-refractivity contribution < 1.29 is 15.0 Å². The van der Waals surface area contributed by atoms with Crippen LogP contribution in [0.5, 0.6) is 5.75 Å². The molecule has 0 aliphatic carbocycles. The van der Waals surface area contributed by atoms with Crippen molar-refractivity contribution in [3.05, 3.63) is 29.8 Å². The van der Waals surface area contributed by atoms with E-state index in [0.29, 0.717) is 12.6 Å². The monoisotopic (exact) mass is 279 g/mol. The summed E-state index contributed by atoms with van der Waals surface area (Å²) in [6, 6.07) is 7.60. The minimum absolute atomic E-state index is 0.285. The van der Waals surface area contributed by atoms with E-state index in [-0.39, 0.29) is 11.7 Å². The Morgan fingerprint density at radius 3 is 2.35 bits per heavy atom. The Labute approximate surface area is 121 Å². The third-order valence-corrected chi connectivity index (χ3v) is 3.75. The molecule has 0 saturated heterocycles. The highest BCUT2D eigenvalue weighted by Crippen LogP contribution is 2.14. The highest BCUT2D eigenvalue weighted by molar-refractivity contribution is 5.69. The number of rotatable bonds is 8. The summed E-state index contributed by atoms with van der Waals surface area (Å²) in [5, 5.41) is 18.2. The van der Waals surface area contributed by atoms with E-state index in [1.54, 1.807) is 19.1 Å². The maximum atomic E-state index is 10.9. The van der Waals surface area contributed by atoms with Crippen LogP contribution in [0.4, 0.5) is 0 Å². The van der Waals surface area contributed by atoms with Gasteiger partial charge in [-0.05, 0) is 44.0 Å². The smallest absolute Gasteiger partial charge is 0.307 e. The number of hydrogen-bond acceptors (Lipinski definition) is 3. The molecule has 0 fully saturated rings. The van der Waals surface area contributed by atoms with Crippen LogP contribution in [0, 0.1) is 5.92 Å². The number of nitrogens with zero attached hydrogens (tertiary/aromatic N) is 1. The molecule has 0 aliphatic heterocycles. The molecule has 0 amide bonds. The van der Waals surface area contributed by atoms with Crippen molar-refractivity contribution in [1.29, 1.82) is 0 Å². The summed E-state index contributed by atoms with van der Waals surface area (Å²) in [5.74, 6) is -0.799. The van der Waals surface area contributed by atoms with Crippen molar-refractivity contribution in [2.24, 2.45) is 5.92 Å². The molecule has 1 aromatic carbocycles. The molecule has 0 heterocycles. The second-order valence-electron chi connectivity index (χ2n) is 5.38. The van der Waals surface area contributed by atoms with Gasteiger partial charge >= 0.3 is 5.97 Å². The van der Waals surface area contributed by atoms with Crippen LogP contribution in [0.1, 0.15) is 32.8 Å². The molecule has 0 aliphatic rings. The average molecular weight is 279 g/mol. The Morgan fingerprint density at radius 2 is 1.85 bits per heavy atom. The van der Waals surface area contributed by atoms with E-state index in [1.165, 1.54) is 5.56 Å². The van der Waals surface area contributed by atoms with Gasteiger partial charge in [-0.15, -0.1) is 0 Å². The third-order valence-electron chi connectivity index (χ3n) is 3.75. The third kappa shape index (κ3) is 5.21. The van der Waals surface area contributed by atoms with Gasteiger partial charge in [0.2, 0.25) is 0 Å². The van der Waals surface area contributed by atoms with E-state index in [0.717, 1.165) is 19.4 Å². The van der Waals surface area contributed by atoms with Crippen molar-refractivity contribution in [1.82, 2.24) is 4.90 Å². The summed E-state index contributed by atoms with van der Waals surface area (Å²) in [6.07, 6.45) is 1.91.